The van der Waals surface area contributed by atoms with Gasteiger partial charge >= 0.3 is 0 Å². The van der Waals surface area contributed by atoms with Crippen molar-refractivity contribution in [1.29, 1.82) is 0 Å². The van der Waals surface area contributed by atoms with Crippen molar-refractivity contribution in [2.24, 2.45) is 7.05 Å². The van der Waals surface area contributed by atoms with Gasteiger partial charge in [-0.1, -0.05) is 0 Å². The second-order valence-corrected chi connectivity index (χ2v) is 5.08. The number of nitrogens with zero attached hydrogens (tertiary/aromatic N) is 3. The number of rotatable bonds is 4. The maximum atomic E-state index is 6.06. The van der Waals surface area contributed by atoms with Gasteiger partial charge in [-0.25, -0.2) is 0 Å². The van der Waals surface area contributed by atoms with Crippen LogP contribution < -0.4 is 4.90 Å². The number of piperidine rings is 1. The fourth-order valence-corrected chi connectivity index (χ4v) is 3.06. The lowest BCUT2D eigenvalue weighted by Crippen LogP contribution is -2.41. The van der Waals surface area contributed by atoms with E-state index in [1.165, 1.54) is 0 Å². The Bertz CT molecular complexity index is 403. The number of alkyl halides is 1. The average molecular weight is 272 g/mol. The zero-order valence-electron chi connectivity index (χ0n) is 11.4. The summed E-state index contributed by atoms with van der Waals surface area (Å²) >= 11 is 6.06. The topological polar surface area (TPSA) is 30.3 Å². The fraction of sp³-hybridized carbons (Fsp3) is 0.769. The van der Waals surface area contributed by atoms with Gasteiger partial charge in [-0.2, -0.15) is 5.10 Å². The lowest BCUT2D eigenvalue weighted by atomic mass is 10.1. The Labute approximate surface area is 114 Å². The number of anilines is 1. The van der Waals surface area contributed by atoms with E-state index in [-0.39, 0.29) is 0 Å². The van der Waals surface area contributed by atoms with Crippen molar-refractivity contribution in [3.05, 3.63) is 11.3 Å². The van der Waals surface area contributed by atoms with Crippen LogP contribution in [0.25, 0.3) is 0 Å². The monoisotopic (exact) mass is 271 g/mol. The van der Waals surface area contributed by atoms with Gasteiger partial charge in [0.05, 0.1) is 17.7 Å². The molecule has 0 spiro atoms. The third-order valence-electron chi connectivity index (χ3n) is 3.53. The van der Waals surface area contributed by atoms with Crippen LogP contribution in [0.2, 0.25) is 0 Å². The molecule has 1 aromatic heterocycles. The van der Waals surface area contributed by atoms with Crippen LogP contribution in [0.4, 0.5) is 5.82 Å². The highest BCUT2D eigenvalue weighted by atomic mass is 35.5. The highest BCUT2D eigenvalue weighted by Gasteiger charge is 2.25. The molecule has 0 aromatic carbocycles. The quantitative estimate of drug-likeness (QED) is 0.788. The second-order valence-electron chi connectivity index (χ2n) is 4.81. The molecule has 2 heterocycles. The third-order valence-corrected chi connectivity index (χ3v) is 3.79. The molecule has 1 aliphatic rings. The van der Waals surface area contributed by atoms with Crippen molar-refractivity contribution < 1.29 is 4.74 Å². The molecule has 0 amide bonds. The molecule has 0 N–H and O–H groups in total. The van der Waals surface area contributed by atoms with Crippen LogP contribution in [0, 0.1) is 6.92 Å². The summed E-state index contributed by atoms with van der Waals surface area (Å²) in [5, 5.41) is 4.48. The molecular formula is C13H22ClN3O. The maximum Gasteiger partial charge on any atom is 0.131 e. The van der Waals surface area contributed by atoms with E-state index >= 15 is 0 Å². The number of aryl methyl sites for hydroxylation is 2. The molecule has 102 valence electrons. The Balaban J connectivity index is 2.20. The van der Waals surface area contributed by atoms with E-state index in [9.17, 15) is 0 Å². The molecule has 18 heavy (non-hydrogen) atoms. The summed E-state index contributed by atoms with van der Waals surface area (Å²) in [5.41, 5.74) is 2.18. The van der Waals surface area contributed by atoms with E-state index in [1.54, 1.807) is 0 Å². The van der Waals surface area contributed by atoms with Crippen LogP contribution in [0.3, 0.4) is 0 Å². The normalized spacial score (nSPS) is 20.4. The van der Waals surface area contributed by atoms with Crippen molar-refractivity contribution in [2.45, 2.75) is 38.7 Å². The van der Waals surface area contributed by atoms with Gasteiger partial charge in [0.15, 0.2) is 0 Å². The lowest BCUT2D eigenvalue weighted by molar-refractivity contribution is 0.0523. The smallest absolute Gasteiger partial charge is 0.131 e. The molecule has 5 heteroatoms. The average Bonchev–Trinajstić information content (AvgIpc) is 2.64. The zero-order chi connectivity index (χ0) is 13.1. The van der Waals surface area contributed by atoms with Crippen molar-refractivity contribution in [1.82, 2.24) is 9.78 Å². The van der Waals surface area contributed by atoms with E-state index < -0.39 is 0 Å². The van der Waals surface area contributed by atoms with Gasteiger partial charge < -0.3 is 9.64 Å². The molecule has 1 saturated heterocycles. The molecule has 2 rings (SSSR count). The Morgan fingerprint density at radius 1 is 1.50 bits per heavy atom. The zero-order valence-corrected chi connectivity index (χ0v) is 12.2. The van der Waals surface area contributed by atoms with Crippen molar-refractivity contribution >= 4 is 17.4 Å². The minimum Gasteiger partial charge on any atom is -0.377 e. The van der Waals surface area contributed by atoms with Crippen LogP contribution in [0.1, 0.15) is 31.0 Å². The Morgan fingerprint density at radius 2 is 2.28 bits per heavy atom. The largest absolute Gasteiger partial charge is 0.377 e. The van der Waals surface area contributed by atoms with Gasteiger partial charge in [0.25, 0.3) is 0 Å². The minimum atomic E-state index is 0.335. The highest BCUT2D eigenvalue weighted by Crippen LogP contribution is 2.28. The molecular weight excluding hydrogens is 250 g/mol. The molecule has 0 radical (unpaired) electrons. The van der Waals surface area contributed by atoms with Crippen molar-refractivity contribution in [3.8, 4) is 0 Å². The predicted octanol–water partition coefficient (Wildman–Crippen LogP) is 2.47. The highest BCUT2D eigenvalue weighted by molar-refractivity contribution is 6.17. The first-order chi connectivity index (χ1) is 8.67. The van der Waals surface area contributed by atoms with Crippen molar-refractivity contribution in [2.75, 3.05) is 24.6 Å². The Morgan fingerprint density at radius 3 is 2.94 bits per heavy atom. The van der Waals surface area contributed by atoms with Gasteiger partial charge in [-0.15, -0.1) is 11.6 Å². The number of hydrogen-bond acceptors (Lipinski definition) is 3. The molecule has 1 fully saturated rings. The van der Waals surface area contributed by atoms with Gasteiger partial charge in [-0.05, 0) is 26.7 Å². The Kier molecular flexibility index (Phi) is 4.51. The molecule has 4 nitrogen and oxygen atoms in total. The summed E-state index contributed by atoms with van der Waals surface area (Å²) in [6.07, 6.45) is 2.65. The van der Waals surface area contributed by atoms with Crippen LogP contribution in [0.15, 0.2) is 0 Å². The molecule has 0 saturated carbocycles. The number of aromatic nitrogens is 2. The number of halogens is 1. The van der Waals surface area contributed by atoms with Crippen molar-refractivity contribution in [3.63, 3.8) is 0 Å². The minimum absolute atomic E-state index is 0.335. The van der Waals surface area contributed by atoms with E-state index in [0.29, 0.717) is 12.0 Å². The summed E-state index contributed by atoms with van der Waals surface area (Å²) < 4.78 is 7.70. The first kappa shape index (κ1) is 13.7. The molecule has 1 atom stereocenters. The predicted molar refractivity (Wildman–Crippen MR) is 74.4 cm³/mol. The van der Waals surface area contributed by atoms with Crippen LogP contribution in [-0.2, 0) is 17.7 Å². The first-order valence-corrected chi connectivity index (χ1v) is 7.15. The first-order valence-electron chi connectivity index (χ1n) is 6.62. The van der Waals surface area contributed by atoms with Gasteiger partial charge in [0.2, 0.25) is 0 Å². The standard InChI is InChI=1S/C13H22ClN3O/c1-4-18-11-6-5-7-17(9-11)13-12(8-14)10(2)15-16(13)3/h11H,4-9H2,1-3H3. The molecule has 1 aromatic rings. The number of ether oxygens (including phenoxy) is 1. The summed E-state index contributed by atoms with van der Waals surface area (Å²) in [6.45, 7) is 6.86. The Hall–Kier alpha value is -0.740. The van der Waals surface area contributed by atoms with Crippen LogP contribution >= 0.6 is 11.6 Å². The van der Waals surface area contributed by atoms with E-state index in [0.717, 1.165) is 49.6 Å². The summed E-state index contributed by atoms with van der Waals surface area (Å²) in [5.74, 6) is 1.68. The van der Waals surface area contributed by atoms with E-state index in [1.807, 2.05) is 18.7 Å². The fourth-order valence-electron chi connectivity index (χ4n) is 2.74. The molecule has 1 unspecified atom stereocenters. The third kappa shape index (κ3) is 2.64. The SMILES string of the molecule is CCOC1CCCN(c2c(CCl)c(C)nn2C)C1. The van der Waals surface area contributed by atoms with E-state index in [2.05, 4.69) is 16.9 Å². The van der Waals surface area contributed by atoms with E-state index in [4.69, 9.17) is 16.3 Å². The molecule has 0 aliphatic carbocycles. The lowest BCUT2D eigenvalue weighted by Gasteiger charge is -2.34. The van der Waals surface area contributed by atoms with Gasteiger partial charge in [0, 0.05) is 32.3 Å². The maximum absolute atomic E-state index is 6.06. The van der Waals surface area contributed by atoms with Gasteiger partial charge in [-0.3, -0.25) is 4.68 Å². The number of hydrogen-bond donors (Lipinski definition) is 0. The second kappa shape index (κ2) is 5.93. The molecule has 0 bridgehead atoms. The summed E-state index contributed by atoms with van der Waals surface area (Å²) in [6, 6.07) is 0. The molecule has 1 aliphatic heterocycles. The van der Waals surface area contributed by atoms with Crippen LogP contribution in [-0.4, -0.2) is 35.6 Å². The van der Waals surface area contributed by atoms with Gasteiger partial charge in [0.1, 0.15) is 5.82 Å². The summed E-state index contributed by atoms with van der Waals surface area (Å²) in [7, 11) is 1.99. The van der Waals surface area contributed by atoms with Crippen LogP contribution in [0.5, 0.6) is 0 Å². The summed E-state index contributed by atoms with van der Waals surface area (Å²) in [4.78, 5) is 2.36.